The topological polar surface area (TPSA) is 52.8 Å². The fourth-order valence-electron chi connectivity index (χ4n) is 2.61. The highest BCUT2D eigenvalue weighted by Crippen LogP contribution is 2.35. The van der Waals surface area contributed by atoms with Crippen molar-refractivity contribution in [1.82, 2.24) is 9.97 Å². The van der Waals surface area contributed by atoms with Gasteiger partial charge in [0.15, 0.2) is 5.69 Å². The first-order valence-electron chi connectivity index (χ1n) is 6.64. The summed E-state index contributed by atoms with van der Waals surface area (Å²) in [6.45, 7) is 0.778. The van der Waals surface area contributed by atoms with Gasteiger partial charge in [-0.3, -0.25) is 0 Å². The SMILES string of the molecule is N#Cc1cnc(N2CCc3c(cccc3C(F)(F)F)C2)cn1. The van der Waals surface area contributed by atoms with E-state index in [1.165, 1.54) is 18.5 Å². The molecule has 1 aromatic carbocycles. The smallest absolute Gasteiger partial charge is 0.351 e. The Morgan fingerprint density at radius 2 is 2.00 bits per heavy atom. The Hall–Kier alpha value is -2.62. The number of halogens is 3. The minimum absolute atomic E-state index is 0.209. The lowest BCUT2D eigenvalue weighted by molar-refractivity contribution is -0.138. The Labute approximate surface area is 124 Å². The van der Waals surface area contributed by atoms with Gasteiger partial charge in [-0.1, -0.05) is 12.1 Å². The molecule has 7 heteroatoms. The van der Waals surface area contributed by atoms with Gasteiger partial charge in [0, 0.05) is 13.1 Å². The van der Waals surface area contributed by atoms with Gasteiger partial charge in [-0.15, -0.1) is 0 Å². The number of nitrogens with zero attached hydrogens (tertiary/aromatic N) is 4. The average molecular weight is 304 g/mol. The van der Waals surface area contributed by atoms with Crippen LogP contribution < -0.4 is 4.90 Å². The van der Waals surface area contributed by atoms with E-state index in [0.717, 1.165) is 6.07 Å². The van der Waals surface area contributed by atoms with E-state index in [9.17, 15) is 13.2 Å². The number of nitriles is 1. The molecule has 2 heterocycles. The Kier molecular flexibility index (Phi) is 3.45. The maximum Gasteiger partial charge on any atom is 0.416 e. The number of hydrogen-bond acceptors (Lipinski definition) is 4. The molecule has 1 aliphatic heterocycles. The maximum atomic E-state index is 13.0. The van der Waals surface area contributed by atoms with Crippen molar-refractivity contribution in [2.24, 2.45) is 0 Å². The van der Waals surface area contributed by atoms with Crippen LogP contribution in [0.5, 0.6) is 0 Å². The molecular formula is C15H11F3N4. The van der Waals surface area contributed by atoms with Crippen molar-refractivity contribution in [1.29, 1.82) is 5.26 Å². The summed E-state index contributed by atoms with van der Waals surface area (Å²) in [5, 5.41) is 8.70. The van der Waals surface area contributed by atoms with E-state index in [4.69, 9.17) is 5.26 Å². The van der Waals surface area contributed by atoms with E-state index in [2.05, 4.69) is 9.97 Å². The van der Waals surface area contributed by atoms with Gasteiger partial charge in [-0.05, 0) is 23.6 Å². The summed E-state index contributed by atoms with van der Waals surface area (Å²) < 4.78 is 39.0. The molecule has 0 aliphatic carbocycles. The summed E-state index contributed by atoms with van der Waals surface area (Å²) in [6, 6.07) is 6.13. The van der Waals surface area contributed by atoms with Crippen molar-refractivity contribution in [2.45, 2.75) is 19.1 Å². The van der Waals surface area contributed by atoms with Crippen molar-refractivity contribution in [3.8, 4) is 6.07 Å². The van der Waals surface area contributed by atoms with Crippen LogP contribution in [-0.2, 0) is 19.1 Å². The first-order valence-corrected chi connectivity index (χ1v) is 6.64. The highest BCUT2D eigenvalue weighted by atomic mass is 19.4. The van der Waals surface area contributed by atoms with Crippen molar-refractivity contribution in [3.05, 3.63) is 53.0 Å². The van der Waals surface area contributed by atoms with Crippen molar-refractivity contribution in [3.63, 3.8) is 0 Å². The van der Waals surface area contributed by atoms with Gasteiger partial charge in [0.05, 0.1) is 18.0 Å². The van der Waals surface area contributed by atoms with Crippen LogP contribution in [0.15, 0.2) is 30.6 Å². The minimum Gasteiger partial charge on any atom is -0.351 e. The first-order chi connectivity index (χ1) is 10.5. The van der Waals surface area contributed by atoms with Crippen LogP contribution in [0.1, 0.15) is 22.4 Å². The van der Waals surface area contributed by atoms with Crippen LogP contribution >= 0.6 is 0 Å². The first kappa shape index (κ1) is 14.3. The number of hydrogen-bond donors (Lipinski definition) is 0. The monoisotopic (exact) mass is 304 g/mol. The van der Waals surface area contributed by atoms with E-state index < -0.39 is 11.7 Å². The lowest BCUT2D eigenvalue weighted by Crippen LogP contribution is -2.32. The third-order valence-electron chi connectivity index (χ3n) is 3.65. The molecule has 0 amide bonds. The van der Waals surface area contributed by atoms with Crippen LogP contribution in [0.3, 0.4) is 0 Å². The predicted molar refractivity (Wildman–Crippen MR) is 72.9 cm³/mol. The largest absolute Gasteiger partial charge is 0.416 e. The fourth-order valence-corrected chi connectivity index (χ4v) is 2.61. The zero-order valence-corrected chi connectivity index (χ0v) is 11.4. The fraction of sp³-hybridized carbons (Fsp3) is 0.267. The third-order valence-corrected chi connectivity index (χ3v) is 3.65. The standard InChI is InChI=1S/C15H11F3N4/c16-15(17,18)13-3-1-2-10-9-22(5-4-12(10)13)14-8-20-11(6-19)7-21-14/h1-3,7-8H,4-5,9H2. The quantitative estimate of drug-likeness (QED) is 0.813. The Bertz CT molecular complexity index is 732. The number of fused-ring (bicyclic) bond motifs is 1. The molecule has 22 heavy (non-hydrogen) atoms. The second-order valence-corrected chi connectivity index (χ2v) is 4.98. The van der Waals surface area contributed by atoms with E-state index >= 15 is 0 Å². The van der Waals surface area contributed by atoms with E-state index in [0.29, 0.717) is 36.5 Å². The van der Waals surface area contributed by atoms with Crippen LogP contribution in [-0.4, -0.2) is 16.5 Å². The minimum atomic E-state index is -4.33. The highest BCUT2D eigenvalue weighted by molar-refractivity contribution is 5.46. The zero-order valence-electron chi connectivity index (χ0n) is 11.4. The lowest BCUT2D eigenvalue weighted by Gasteiger charge is -2.31. The molecule has 0 saturated carbocycles. The molecule has 0 bridgehead atoms. The lowest BCUT2D eigenvalue weighted by atomic mass is 9.94. The van der Waals surface area contributed by atoms with Crippen molar-refractivity contribution >= 4 is 5.82 Å². The van der Waals surface area contributed by atoms with Crippen LogP contribution in [0.4, 0.5) is 19.0 Å². The maximum absolute atomic E-state index is 13.0. The molecule has 4 nitrogen and oxygen atoms in total. The molecule has 112 valence electrons. The molecule has 1 aromatic heterocycles. The summed E-state index contributed by atoms with van der Waals surface area (Å²) in [5.41, 5.74) is 0.649. The Morgan fingerprint density at radius 1 is 1.18 bits per heavy atom. The van der Waals surface area contributed by atoms with Gasteiger partial charge in [-0.2, -0.15) is 18.4 Å². The summed E-state index contributed by atoms with van der Waals surface area (Å²) >= 11 is 0. The van der Waals surface area contributed by atoms with E-state index in [-0.39, 0.29) is 5.69 Å². The molecule has 2 aromatic rings. The number of benzene rings is 1. The summed E-state index contributed by atoms with van der Waals surface area (Å²) in [7, 11) is 0. The zero-order chi connectivity index (χ0) is 15.7. The third kappa shape index (κ3) is 2.60. The molecular weight excluding hydrogens is 293 g/mol. The Balaban J connectivity index is 1.90. The molecule has 0 spiro atoms. The molecule has 0 N–H and O–H groups in total. The molecule has 0 unspecified atom stereocenters. The number of rotatable bonds is 1. The second kappa shape index (κ2) is 5.30. The Morgan fingerprint density at radius 3 is 2.64 bits per heavy atom. The number of aromatic nitrogens is 2. The van der Waals surface area contributed by atoms with Crippen LogP contribution in [0, 0.1) is 11.3 Å². The molecule has 1 aliphatic rings. The normalized spacial score (nSPS) is 14.4. The number of alkyl halides is 3. The number of anilines is 1. The van der Waals surface area contributed by atoms with Crippen LogP contribution in [0.25, 0.3) is 0 Å². The summed E-state index contributed by atoms with van der Waals surface area (Å²) in [5.74, 6) is 0.557. The summed E-state index contributed by atoms with van der Waals surface area (Å²) in [4.78, 5) is 9.93. The van der Waals surface area contributed by atoms with Gasteiger partial charge in [-0.25, -0.2) is 9.97 Å². The molecule has 3 rings (SSSR count). The van der Waals surface area contributed by atoms with Gasteiger partial charge in [0.1, 0.15) is 11.9 Å². The van der Waals surface area contributed by atoms with Crippen molar-refractivity contribution < 1.29 is 13.2 Å². The van der Waals surface area contributed by atoms with Gasteiger partial charge >= 0.3 is 6.18 Å². The molecule has 0 radical (unpaired) electrons. The molecule has 0 atom stereocenters. The second-order valence-electron chi connectivity index (χ2n) is 4.98. The predicted octanol–water partition coefficient (Wildman–Crippen LogP) is 2.93. The van der Waals surface area contributed by atoms with Crippen LogP contribution in [0.2, 0.25) is 0 Å². The average Bonchev–Trinajstić information content (AvgIpc) is 2.53. The van der Waals surface area contributed by atoms with E-state index in [1.807, 2.05) is 11.0 Å². The highest BCUT2D eigenvalue weighted by Gasteiger charge is 2.35. The van der Waals surface area contributed by atoms with Gasteiger partial charge < -0.3 is 4.90 Å². The van der Waals surface area contributed by atoms with E-state index in [1.54, 1.807) is 6.07 Å². The van der Waals surface area contributed by atoms with Gasteiger partial charge in [0.25, 0.3) is 0 Å². The van der Waals surface area contributed by atoms with Gasteiger partial charge in [0.2, 0.25) is 0 Å². The van der Waals surface area contributed by atoms with Crippen molar-refractivity contribution in [2.75, 3.05) is 11.4 Å². The molecule has 0 saturated heterocycles. The molecule has 0 fully saturated rings. The summed E-state index contributed by atoms with van der Waals surface area (Å²) in [6.07, 6.45) is -1.21.